The monoisotopic (exact) mass is 950 g/mol. The Balaban J connectivity index is 0.709. The van der Waals surface area contributed by atoms with Gasteiger partial charge in [0.15, 0.2) is 5.65 Å². The molecule has 5 aromatic rings. The van der Waals surface area contributed by atoms with Crippen LogP contribution in [-0.4, -0.2) is 185 Å². The molecule has 6 N–H and O–H groups in total. The molecular weight excluding hydrogens is 885 g/mol. The highest BCUT2D eigenvalue weighted by Gasteiger charge is 2.22. The number of nitrogens with two attached hydrogens (primary N) is 2. The molecule has 2 amide bonds. The Morgan fingerprint density at radius 3 is 1.93 bits per heavy atom. The Morgan fingerprint density at radius 1 is 0.676 bits per heavy atom. The highest BCUT2D eigenvalue weighted by Crippen LogP contribution is 2.32. The van der Waals surface area contributed by atoms with E-state index in [4.69, 9.17) is 59.4 Å². The summed E-state index contributed by atoms with van der Waals surface area (Å²) in [7, 11) is 0. The number of benzene rings is 1. The van der Waals surface area contributed by atoms with Crippen LogP contribution in [0.25, 0.3) is 33.3 Å². The van der Waals surface area contributed by atoms with Crippen molar-refractivity contribution in [3.63, 3.8) is 0 Å². The zero-order chi connectivity index (χ0) is 47.4. The molecule has 1 aromatic carbocycles. The summed E-state index contributed by atoms with van der Waals surface area (Å²) in [6, 6.07) is 10.4. The molecule has 0 aliphatic carbocycles. The number of aromatic amines is 1. The minimum atomic E-state index is -0.103. The van der Waals surface area contributed by atoms with Crippen molar-refractivity contribution in [3.8, 4) is 11.3 Å². The average Bonchev–Trinajstić information content (AvgIpc) is 3.98. The summed E-state index contributed by atoms with van der Waals surface area (Å²) in [5, 5.41) is 9.41. The van der Waals surface area contributed by atoms with E-state index in [1.165, 1.54) is 11.9 Å². The SMILES string of the molecule is NOCCOCCOCCOCCOCCC(=O)NCCOCCOCCOCCOCCOCCC(=O)N1CCc2cc(Cn3nc(-c4cnc5[nH]ccc5c4)c4c(N)ncnc43)ccc2C1. The maximum absolute atomic E-state index is 13.0. The Morgan fingerprint density at radius 2 is 1.28 bits per heavy atom. The fourth-order valence-electron chi connectivity index (χ4n) is 7.19. The molecule has 0 bridgehead atoms. The van der Waals surface area contributed by atoms with E-state index in [0.717, 1.165) is 34.1 Å². The van der Waals surface area contributed by atoms with Gasteiger partial charge >= 0.3 is 0 Å². The van der Waals surface area contributed by atoms with E-state index in [9.17, 15) is 9.59 Å². The molecule has 68 heavy (non-hydrogen) atoms. The third-order valence-corrected chi connectivity index (χ3v) is 10.7. The molecule has 4 aromatic heterocycles. The summed E-state index contributed by atoms with van der Waals surface area (Å²) < 4.78 is 51.1. The first-order valence-electron chi connectivity index (χ1n) is 23.1. The Kier molecular flexibility index (Phi) is 23.2. The van der Waals surface area contributed by atoms with Gasteiger partial charge in [0.2, 0.25) is 11.8 Å². The molecule has 0 atom stereocenters. The molecule has 0 saturated heterocycles. The van der Waals surface area contributed by atoms with Crippen molar-refractivity contribution >= 4 is 39.7 Å². The Hall–Kier alpha value is -5.24. The fraction of sp³-hybridized carbons (Fsp3) is 0.565. The number of hydrogen-bond donors (Lipinski definition) is 4. The first kappa shape index (κ1) is 52.1. The molecule has 6 rings (SSSR count). The molecule has 1 aliphatic rings. The zero-order valence-corrected chi connectivity index (χ0v) is 38.7. The van der Waals surface area contributed by atoms with E-state index in [1.54, 1.807) is 6.20 Å². The molecule has 5 heterocycles. The molecule has 0 saturated carbocycles. The number of rotatable bonds is 36. The fourth-order valence-corrected chi connectivity index (χ4v) is 7.19. The first-order chi connectivity index (χ1) is 33.5. The lowest BCUT2D eigenvalue weighted by molar-refractivity contribution is -0.133. The van der Waals surface area contributed by atoms with Crippen molar-refractivity contribution in [3.05, 3.63) is 65.7 Å². The van der Waals surface area contributed by atoms with Gasteiger partial charge in [-0.1, -0.05) is 18.2 Å². The van der Waals surface area contributed by atoms with E-state index >= 15 is 0 Å². The number of H-pyrrole nitrogens is 1. The normalized spacial score (nSPS) is 12.6. The number of fused-ring (bicyclic) bond motifs is 3. The number of ether oxygens (including phenoxy) is 9. The molecule has 22 heteroatoms. The van der Waals surface area contributed by atoms with Gasteiger partial charge in [-0.15, -0.1) is 0 Å². The number of pyridine rings is 1. The minimum absolute atomic E-state index is 0.0665. The van der Waals surface area contributed by atoms with Gasteiger partial charge in [0, 0.05) is 49.4 Å². The maximum Gasteiger partial charge on any atom is 0.225 e. The number of amides is 2. The van der Waals surface area contributed by atoms with Gasteiger partial charge in [-0.3, -0.25) is 9.59 Å². The largest absolute Gasteiger partial charge is 0.383 e. The van der Waals surface area contributed by atoms with Crippen LogP contribution in [-0.2, 0) is 76.6 Å². The first-order valence-corrected chi connectivity index (χ1v) is 23.1. The van der Waals surface area contributed by atoms with Crippen LogP contribution in [0.3, 0.4) is 0 Å². The summed E-state index contributed by atoms with van der Waals surface area (Å²) in [6.45, 7) is 9.99. The van der Waals surface area contributed by atoms with E-state index in [0.29, 0.717) is 181 Å². The number of nitrogens with zero attached hydrogens (tertiary/aromatic N) is 6. The van der Waals surface area contributed by atoms with Crippen LogP contribution in [0.15, 0.2) is 49.1 Å². The van der Waals surface area contributed by atoms with Gasteiger partial charge in [-0.05, 0) is 35.2 Å². The van der Waals surface area contributed by atoms with E-state index in [1.807, 2.05) is 27.9 Å². The van der Waals surface area contributed by atoms with Crippen molar-refractivity contribution in [2.75, 3.05) is 144 Å². The molecule has 0 unspecified atom stereocenters. The molecule has 0 fully saturated rings. The van der Waals surface area contributed by atoms with Crippen molar-refractivity contribution in [1.82, 2.24) is 39.9 Å². The summed E-state index contributed by atoms with van der Waals surface area (Å²) in [6.07, 6.45) is 6.43. The quantitative estimate of drug-likeness (QED) is 0.0330. The lowest BCUT2D eigenvalue weighted by atomic mass is 9.97. The summed E-state index contributed by atoms with van der Waals surface area (Å²) in [4.78, 5) is 47.7. The third-order valence-electron chi connectivity index (χ3n) is 10.7. The maximum atomic E-state index is 13.0. The van der Waals surface area contributed by atoms with Gasteiger partial charge in [0.05, 0.1) is 144 Å². The van der Waals surface area contributed by atoms with Crippen molar-refractivity contribution in [1.29, 1.82) is 0 Å². The summed E-state index contributed by atoms with van der Waals surface area (Å²) in [5.41, 5.74) is 12.8. The van der Waals surface area contributed by atoms with Gasteiger partial charge in [-0.2, -0.15) is 5.10 Å². The van der Waals surface area contributed by atoms with E-state index in [-0.39, 0.29) is 18.2 Å². The van der Waals surface area contributed by atoms with Crippen LogP contribution in [0.4, 0.5) is 5.82 Å². The van der Waals surface area contributed by atoms with Crippen molar-refractivity contribution < 1.29 is 57.1 Å². The highest BCUT2D eigenvalue weighted by atomic mass is 16.6. The highest BCUT2D eigenvalue weighted by molar-refractivity contribution is 5.99. The third kappa shape index (κ3) is 17.7. The van der Waals surface area contributed by atoms with Crippen LogP contribution >= 0.6 is 0 Å². The number of nitrogens with one attached hydrogen (secondary N) is 2. The molecule has 372 valence electrons. The van der Waals surface area contributed by atoms with E-state index < -0.39 is 0 Å². The van der Waals surface area contributed by atoms with Crippen LogP contribution in [0.2, 0.25) is 0 Å². The molecule has 0 radical (unpaired) electrons. The van der Waals surface area contributed by atoms with Crippen LogP contribution < -0.4 is 16.9 Å². The number of carbonyl (C=O) groups is 2. The average molecular weight is 951 g/mol. The van der Waals surface area contributed by atoms with Gasteiger partial charge < -0.3 is 68.4 Å². The van der Waals surface area contributed by atoms with Crippen molar-refractivity contribution in [2.45, 2.75) is 32.4 Å². The van der Waals surface area contributed by atoms with E-state index in [2.05, 4.69) is 48.3 Å². The predicted molar refractivity (Wildman–Crippen MR) is 249 cm³/mol. The second-order valence-electron chi connectivity index (χ2n) is 15.5. The van der Waals surface area contributed by atoms with Gasteiger partial charge in [0.25, 0.3) is 0 Å². The van der Waals surface area contributed by atoms with Crippen LogP contribution in [0, 0.1) is 0 Å². The van der Waals surface area contributed by atoms with Crippen LogP contribution in [0.5, 0.6) is 0 Å². The number of carbonyl (C=O) groups excluding carboxylic acids is 2. The lowest BCUT2D eigenvalue weighted by Crippen LogP contribution is -2.36. The molecule has 1 aliphatic heterocycles. The second kappa shape index (κ2) is 30.3. The summed E-state index contributed by atoms with van der Waals surface area (Å²) >= 11 is 0. The van der Waals surface area contributed by atoms with Crippen LogP contribution in [0.1, 0.15) is 29.5 Å². The predicted octanol–water partition coefficient (Wildman–Crippen LogP) is 1.82. The lowest BCUT2D eigenvalue weighted by Gasteiger charge is -2.29. The number of nitrogen functional groups attached to an aromatic ring is 1. The Bertz CT molecular complexity index is 2240. The standard InChI is InChI=1S/C46H66N10O12/c47-44-42-43(39-30-37-3-7-50-45(37)51-31-39)54-56(46(42)53-34-52-44)32-35-1-2-38-33-55(9-4-36(38)29-35)41(58)6-11-60-14-17-63-20-22-65-24-21-64-18-15-61-12-8-49-40(57)5-10-59-13-16-62-19-23-66-25-26-67-27-28-68-48/h1-3,7,29-31,34H,4-6,8-28,32-33,48H2,(H,49,57)(H,50,51)(H2,47,52,53). The smallest absolute Gasteiger partial charge is 0.225 e. The zero-order valence-electron chi connectivity index (χ0n) is 38.7. The number of hydrogen-bond acceptors (Lipinski definition) is 18. The molecular formula is C46H66N10O12. The summed E-state index contributed by atoms with van der Waals surface area (Å²) in [5.74, 6) is 5.24. The number of aromatic nitrogens is 6. The van der Waals surface area contributed by atoms with Gasteiger partial charge in [0.1, 0.15) is 23.5 Å². The second-order valence-corrected chi connectivity index (χ2v) is 15.5. The topological polar surface area (TPSA) is 266 Å². The number of anilines is 1. The van der Waals surface area contributed by atoms with Gasteiger partial charge in [-0.25, -0.2) is 25.5 Å². The molecule has 22 nitrogen and oxygen atoms in total. The minimum Gasteiger partial charge on any atom is -0.383 e. The van der Waals surface area contributed by atoms with Crippen molar-refractivity contribution in [2.24, 2.45) is 5.90 Å². The Labute approximate surface area is 395 Å². The molecule has 0 spiro atoms.